The van der Waals surface area contributed by atoms with Crippen molar-refractivity contribution in [3.8, 4) is 0 Å². The standard InChI is InChI=1S/C27H20N3O5S/c1-28-24-13-7-5-11-22(24)26(23-12-6-8-14-25(23)28)27(31)29(19-9-3-2-4-10-19)36(34,35)21-17-15-20(16-18-21)30(32)33/h2-18H,1H3/q+1. The van der Waals surface area contributed by atoms with Crippen molar-refractivity contribution in [2.45, 2.75) is 4.90 Å². The fourth-order valence-corrected chi connectivity index (χ4v) is 5.74. The fourth-order valence-electron chi connectivity index (χ4n) is 4.34. The second-order valence-corrected chi connectivity index (χ2v) is 9.92. The first-order chi connectivity index (χ1) is 17.3. The number of hydrogen-bond donors (Lipinski definition) is 0. The lowest BCUT2D eigenvalue weighted by Crippen LogP contribution is -2.38. The maximum absolute atomic E-state index is 14.3. The number of carbonyl (C=O) groups excluding carboxylic acids is 1. The smallest absolute Gasteiger partial charge is 0.268 e. The van der Waals surface area contributed by atoms with Gasteiger partial charge in [0.15, 0.2) is 0 Å². The minimum absolute atomic E-state index is 0.155. The molecule has 9 heteroatoms. The number of pyridine rings is 1. The third-order valence-corrected chi connectivity index (χ3v) is 7.77. The molecule has 5 rings (SSSR count). The molecule has 1 amide bonds. The number of para-hydroxylation sites is 3. The summed E-state index contributed by atoms with van der Waals surface area (Å²) in [5.74, 6) is -0.729. The first-order valence-electron chi connectivity index (χ1n) is 11.0. The Labute approximate surface area is 206 Å². The molecule has 0 aliphatic rings. The average Bonchev–Trinajstić information content (AvgIpc) is 2.89. The second kappa shape index (κ2) is 8.86. The van der Waals surface area contributed by atoms with Crippen molar-refractivity contribution in [3.05, 3.63) is 119 Å². The summed E-state index contributed by atoms with van der Waals surface area (Å²) >= 11 is 0. The zero-order chi connectivity index (χ0) is 25.4. The number of hydrogen-bond acceptors (Lipinski definition) is 5. The molecular weight excluding hydrogens is 478 g/mol. The third-order valence-electron chi connectivity index (χ3n) is 6.04. The Morgan fingerprint density at radius 3 is 1.81 bits per heavy atom. The lowest BCUT2D eigenvalue weighted by Gasteiger charge is -2.23. The van der Waals surface area contributed by atoms with Crippen molar-refractivity contribution in [2.75, 3.05) is 4.31 Å². The molecule has 0 fully saturated rings. The zero-order valence-corrected chi connectivity index (χ0v) is 19.9. The number of nitro groups is 1. The average molecular weight is 499 g/mol. The van der Waals surface area contributed by atoms with Crippen molar-refractivity contribution in [2.24, 2.45) is 7.05 Å². The van der Waals surface area contributed by atoms with E-state index in [2.05, 4.69) is 0 Å². The number of fused-ring (bicyclic) bond motifs is 2. The van der Waals surface area contributed by atoms with E-state index in [0.717, 1.165) is 39.6 Å². The predicted molar refractivity (Wildman–Crippen MR) is 136 cm³/mol. The summed E-state index contributed by atoms with van der Waals surface area (Å²) in [5, 5.41) is 12.3. The van der Waals surface area contributed by atoms with E-state index in [1.54, 1.807) is 42.5 Å². The number of sulfonamides is 1. The number of rotatable bonds is 5. The minimum atomic E-state index is -4.44. The Balaban J connectivity index is 1.79. The molecule has 0 aliphatic heterocycles. The van der Waals surface area contributed by atoms with Gasteiger partial charge in [-0.25, -0.2) is 8.42 Å². The highest BCUT2D eigenvalue weighted by molar-refractivity contribution is 7.93. The minimum Gasteiger partial charge on any atom is -0.268 e. The number of nitrogens with zero attached hydrogens (tertiary/aromatic N) is 3. The van der Waals surface area contributed by atoms with Crippen LogP contribution in [0.25, 0.3) is 21.8 Å². The van der Waals surface area contributed by atoms with Crippen LogP contribution in [0, 0.1) is 10.1 Å². The molecule has 5 aromatic rings. The lowest BCUT2D eigenvalue weighted by molar-refractivity contribution is -0.617. The normalized spacial score (nSPS) is 11.5. The van der Waals surface area contributed by atoms with E-state index >= 15 is 0 Å². The number of benzene rings is 4. The van der Waals surface area contributed by atoms with Gasteiger partial charge >= 0.3 is 0 Å². The molecule has 1 heterocycles. The Bertz CT molecular complexity index is 1700. The van der Waals surface area contributed by atoms with Crippen LogP contribution < -0.4 is 8.87 Å². The Hall–Kier alpha value is -4.63. The molecule has 0 spiro atoms. The van der Waals surface area contributed by atoms with E-state index in [0.29, 0.717) is 10.8 Å². The number of aromatic nitrogens is 1. The maximum atomic E-state index is 14.3. The molecule has 0 radical (unpaired) electrons. The molecular formula is C27H20N3O5S+. The van der Waals surface area contributed by atoms with Gasteiger partial charge < -0.3 is 0 Å². The summed E-state index contributed by atoms with van der Waals surface area (Å²) in [4.78, 5) is 24.5. The maximum Gasteiger partial charge on any atom is 0.274 e. The highest BCUT2D eigenvalue weighted by Gasteiger charge is 2.35. The van der Waals surface area contributed by atoms with Gasteiger partial charge in [0, 0.05) is 24.3 Å². The van der Waals surface area contributed by atoms with Crippen LogP contribution in [0.1, 0.15) is 10.4 Å². The van der Waals surface area contributed by atoms with Crippen molar-refractivity contribution in [1.29, 1.82) is 0 Å². The van der Waals surface area contributed by atoms with Crippen molar-refractivity contribution in [1.82, 2.24) is 0 Å². The molecule has 0 unspecified atom stereocenters. The van der Waals surface area contributed by atoms with Gasteiger partial charge in [-0.05, 0) is 36.4 Å². The van der Waals surface area contributed by atoms with E-state index in [1.807, 2.05) is 35.9 Å². The van der Waals surface area contributed by atoms with Crippen LogP contribution in [-0.4, -0.2) is 19.2 Å². The number of carbonyl (C=O) groups is 1. The number of non-ortho nitro benzene ring substituents is 1. The van der Waals surface area contributed by atoms with Gasteiger partial charge in [0.05, 0.1) is 31.8 Å². The van der Waals surface area contributed by atoms with Crippen molar-refractivity contribution in [3.63, 3.8) is 0 Å². The third kappa shape index (κ3) is 3.75. The van der Waals surface area contributed by atoms with E-state index in [1.165, 1.54) is 12.1 Å². The monoisotopic (exact) mass is 498 g/mol. The van der Waals surface area contributed by atoms with Crippen LogP contribution in [-0.2, 0) is 17.1 Å². The molecule has 0 bridgehead atoms. The molecule has 0 saturated carbocycles. The summed E-state index contributed by atoms with van der Waals surface area (Å²) in [7, 11) is -2.55. The zero-order valence-electron chi connectivity index (χ0n) is 19.1. The summed E-state index contributed by atoms with van der Waals surface area (Å²) in [6.45, 7) is 0. The molecule has 1 aromatic heterocycles. The van der Waals surface area contributed by atoms with Crippen LogP contribution in [0.15, 0.2) is 108 Å². The fraction of sp³-hybridized carbons (Fsp3) is 0.0370. The number of aryl methyl sites for hydroxylation is 1. The lowest BCUT2D eigenvalue weighted by atomic mass is 10.0. The Morgan fingerprint density at radius 2 is 1.28 bits per heavy atom. The molecule has 178 valence electrons. The van der Waals surface area contributed by atoms with Gasteiger partial charge in [-0.1, -0.05) is 42.5 Å². The summed E-state index contributed by atoms with van der Waals surface area (Å²) in [5.41, 5.74) is 1.68. The van der Waals surface area contributed by atoms with Crippen LogP contribution in [0.5, 0.6) is 0 Å². The molecule has 0 N–H and O–H groups in total. The van der Waals surface area contributed by atoms with Crippen molar-refractivity contribution < 1.29 is 22.7 Å². The van der Waals surface area contributed by atoms with E-state index in [4.69, 9.17) is 0 Å². The first-order valence-corrected chi connectivity index (χ1v) is 12.4. The van der Waals surface area contributed by atoms with Gasteiger partial charge in [-0.15, -0.1) is 0 Å². The highest BCUT2D eigenvalue weighted by atomic mass is 32.2. The van der Waals surface area contributed by atoms with Gasteiger partial charge in [0.2, 0.25) is 11.0 Å². The molecule has 0 aliphatic carbocycles. The Kier molecular flexibility index (Phi) is 5.69. The number of amides is 1. The molecule has 36 heavy (non-hydrogen) atoms. The van der Waals surface area contributed by atoms with Crippen LogP contribution >= 0.6 is 0 Å². The van der Waals surface area contributed by atoms with Crippen LogP contribution in [0.4, 0.5) is 11.4 Å². The van der Waals surface area contributed by atoms with E-state index < -0.39 is 20.9 Å². The Morgan fingerprint density at radius 1 is 0.778 bits per heavy atom. The van der Waals surface area contributed by atoms with Gasteiger partial charge in [0.1, 0.15) is 7.05 Å². The van der Waals surface area contributed by atoms with Gasteiger partial charge in [0.25, 0.3) is 21.6 Å². The highest BCUT2D eigenvalue weighted by Crippen LogP contribution is 2.31. The molecule has 8 nitrogen and oxygen atoms in total. The van der Waals surface area contributed by atoms with Crippen LogP contribution in [0.3, 0.4) is 0 Å². The van der Waals surface area contributed by atoms with Crippen LogP contribution in [0.2, 0.25) is 0 Å². The van der Waals surface area contributed by atoms with Gasteiger partial charge in [-0.3, -0.25) is 14.9 Å². The number of nitro benzene ring substituents is 1. The molecule has 4 aromatic carbocycles. The quantitative estimate of drug-likeness (QED) is 0.150. The summed E-state index contributed by atoms with van der Waals surface area (Å²) in [6, 6.07) is 27.2. The predicted octanol–water partition coefficient (Wildman–Crippen LogP) is 4.76. The van der Waals surface area contributed by atoms with E-state index in [9.17, 15) is 23.3 Å². The van der Waals surface area contributed by atoms with Gasteiger partial charge in [-0.2, -0.15) is 8.87 Å². The summed E-state index contributed by atoms with van der Waals surface area (Å²) in [6.07, 6.45) is 0. The largest absolute Gasteiger partial charge is 0.274 e. The molecule has 0 atom stereocenters. The SMILES string of the molecule is C[n+]1c2ccccc2c(C(=O)N(c2ccccc2)S(=O)(=O)c2ccc([N+](=O)[O-])cc2)c2ccccc21. The molecule has 0 saturated heterocycles. The topological polar surface area (TPSA) is 101 Å². The summed E-state index contributed by atoms with van der Waals surface area (Å²) < 4.78 is 30.5. The van der Waals surface area contributed by atoms with E-state index in [-0.39, 0.29) is 21.8 Å². The second-order valence-electron chi connectivity index (χ2n) is 8.13. The van der Waals surface area contributed by atoms with Crippen molar-refractivity contribution >= 4 is 49.1 Å². The first kappa shape index (κ1) is 23.1. The number of anilines is 1.